The second kappa shape index (κ2) is 5.07. The minimum atomic E-state index is -0.214. The maximum absolute atomic E-state index is 10.8. The summed E-state index contributed by atoms with van der Waals surface area (Å²) in [5.74, 6) is 0. The summed E-state index contributed by atoms with van der Waals surface area (Å²) in [5, 5.41) is 5.03. The number of nitrogens with one attached hydrogen (secondary N) is 2. The minimum absolute atomic E-state index is 0.214. The minimum Gasteiger partial charge on any atom is -0.341 e. The Labute approximate surface area is 83.8 Å². The molecule has 0 aliphatic rings. The van der Waals surface area contributed by atoms with Crippen LogP contribution in [0.5, 0.6) is 0 Å². The van der Waals surface area contributed by atoms with Gasteiger partial charge in [-0.15, -0.1) is 0 Å². The van der Waals surface area contributed by atoms with E-state index in [1.807, 2.05) is 37.3 Å². The van der Waals surface area contributed by atoms with Crippen molar-refractivity contribution in [2.24, 2.45) is 0 Å². The van der Waals surface area contributed by atoms with Gasteiger partial charge in [-0.1, -0.05) is 29.8 Å². The van der Waals surface area contributed by atoms with Crippen molar-refractivity contribution in [3.63, 3.8) is 0 Å². The van der Waals surface area contributed by atoms with Crippen LogP contribution in [0.2, 0.25) is 0 Å². The van der Waals surface area contributed by atoms with Gasteiger partial charge >= 0.3 is 6.03 Å². The maximum Gasteiger partial charge on any atom is 0.318 e. The lowest BCUT2D eigenvalue weighted by Gasteiger charge is -1.97. The van der Waals surface area contributed by atoms with E-state index in [9.17, 15) is 4.79 Å². The van der Waals surface area contributed by atoms with Gasteiger partial charge in [-0.05, 0) is 18.6 Å². The molecule has 0 aliphatic heterocycles. The van der Waals surface area contributed by atoms with Crippen LogP contribution in [-0.4, -0.2) is 13.1 Å². The zero-order chi connectivity index (χ0) is 10.4. The van der Waals surface area contributed by atoms with Crippen LogP contribution in [0.3, 0.4) is 0 Å². The van der Waals surface area contributed by atoms with Crippen LogP contribution in [0, 0.1) is 6.92 Å². The van der Waals surface area contributed by atoms with Gasteiger partial charge in [0.05, 0.1) is 0 Å². The first-order valence-corrected chi connectivity index (χ1v) is 4.44. The van der Waals surface area contributed by atoms with Crippen LogP contribution in [0.1, 0.15) is 11.1 Å². The van der Waals surface area contributed by atoms with Crippen LogP contribution in [0.15, 0.2) is 30.5 Å². The number of hydrogen-bond acceptors (Lipinski definition) is 1. The molecule has 3 nitrogen and oxygen atoms in total. The Morgan fingerprint density at radius 2 is 2.21 bits per heavy atom. The second-order valence-corrected chi connectivity index (χ2v) is 2.97. The summed E-state index contributed by atoms with van der Waals surface area (Å²) in [6.45, 7) is 2.03. The Morgan fingerprint density at radius 3 is 2.86 bits per heavy atom. The zero-order valence-corrected chi connectivity index (χ0v) is 8.37. The van der Waals surface area contributed by atoms with Crippen LogP contribution >= 0.6 is 0 Å². The maximum atomic E-state index is 10.8. The summed E-state index contributed by atoms with van der Waals surface area (Å²) in [7, 11) is 1.58. The van der Waals surface area contributed by atoms with Crippen molar-refractivity contribution in [2.45, 2.75) is 6.92 Å². The molecule has 0 atom stereocenters. The largest absolute Gasteiger partial charge is 0.341 e. The molecule has 0 spiro atoms. The average molecular weight is 190 g/mol. The monoisotopic (exact) mass is 190 g/mol. The van der Waals surface area contributed by atoms with E-state index in [1.165, 1.54) is 5.56 Å². The number of urea groups is 1. The molecule has 0 heterocycles. The normalized spacial score (nSPS) is 10.1. The Balaban J connectivity index is 2.56. The first-order chi connectivity index (χ1) is 6.72. The average Bonchev–Trinajstić information content (AvgIpc) is 2.17. The van der Waals surface area contributed by atoms with Crippen LogP contribution in [-0.2, 0) is 0 Å². The Kier molecular flexibility index (Phi) is 3.73. The summed E-state index contributed by atoms with van der Waals surface area (Å²) < 4.78 is 0. The molecule has 1 aromatic carbocycles. The summed E-state index contributed by atoms with van der Waals surface area (Å²) >= 11 is 0. The number of benzene rings is 1. The summed E-state index contributed by atoms with van der Waals surface area (Å²) in [4.78, 5) is 10.8. The van der Waals surface area contributed by atoms with Crippen LogP contribution in [0.4, 0.5) is 4.79 Å². The molecular formula is C11H14N2O. The lowest BCUT2D eigenvalue weighted by molar-refractivity contribution is 0.246. The molecular weight excluding hydrogens is 176 g/mol. The van der Waals surface area contributed by atoms with Gasteiger partial charge in [-0.3, -0.25) is 0 Å². The number of carbonyl (C=O) groups is 1. The summed E-state index contributed by atoms with van der Waals surface area (Å²) in [6.07, 6.45) is 3.47. The second-order valence-electron chi connectivity index (χ2n) is 2.97. The zero-order valence-electron chi connectivity index (χ0n) is 8.37. The molecule has 3 heteroatoms. The summed E-state index contributed by atoms with van der Waals surface area (Å²) in [6, 6.07) is 7.82. The fraction of sp³-hybridized carbons (Fsp3) is 0.182. The number of rotatable bonds is 2. The third-order valence-corrected chi connectivity index (χ3v) is 1.76. The van der Waals surface area contributed by atoms with E-state index < -0.39 is 0 Å². The number of carbonyl (C=O) groups excluding carboxylic acids is 1. The molecule has 0 bridgehead atoms. The van der Waals surface area contributed by atoms with E-state index >= 15 is 0 Å². The third-order valence-electron chi connectivity index (χ3n) is 1.76. The molecule has 0 unspecified atom stereocenters. The molecule has 0 fully saturated rings. The number of aryl methyl sites for hydroxylation is 1. The number of hydrogen-bond donors (Lipinski definition) is 2. The van der Waals surface area contributed by atoms with Crippen molar-refractivity contribution in [2.75, 3.05) is 7.05 Å². The highest BCUT2D eigenvalue weighted by molar-refractivity contribution is 5.75. The molecule has 14 heavy (non-hydrogen) atoms. The topological polar surface area (TPSA) is 41.1 Å². The first-order valence-electron chi connectivity index (χ1n) is 4.44. The quantitative estimate of drug-likeness (QED) is 0.734. The predicted molar refractivity (Wildman–Crippen MR) is 57.8 cm³/mol. The third kappa shape index (κ3) is 3.31. The highest BCUT2D eigenvalue weighted by Gasteiger charge is 1.89. The van der Waals surface area contributed by atoms with Crippen LogP contribution < -0.4 is 10.6 Å². The van der Waals surface area contributed by atoms with Crippen molar-refractivity contribution in [1.29, 1.82) is 0 Å². The molecule has 0 saturated carbocycles. The SMILES string of the molecule is CNC(=O)N/C=C/c1cccc(C)c1. The summed E-state index contributed by atoms with van der Waals surface area (Å²) in [5.41, 5.74) is 2.27. The molecule has 0 radical (unpaired) electrons. The number of amides is 2. The van der Waals surface area contributed by atoms with Crippen molar-refractivity contribution in [3.05, 3.63) is 41.6 Å². The van der Waals surface area contributed by atoms with Gasteiger partial charge in [0.2, 0.25) is 0 Å². The molecule has 0 aliphatic carbocycles. The van der Waals surface area contributed by atoms with Gasteiger partial charge in [-0.25, -0.2) is 4.79 Å². The molecule has 1 rings (SSSR count). The fourth-order valence-corrected chi connectivity index (χ4v) is 1.06. The smallest absolute Gasteiger partial charge is 0.318 e. The van der Waals surface area contributed by atoms with Crippen LogP contribution in [0.25, 0.3) is 6.08 Å². The molecule has 2 amide bonds. The lowest BCUT2D eigenvalue weighted by Crippen LogP contribution is -2.28. The van der Waals surface area contributed by atoms with Crippen molar-refractivity contribution in [1.82, 2.24) is 10.6 Å². The van der Waals surface area contributed by atoms with E-state index in [0.717, 1.165) is 5.56 Å². The van der Waals surface area contributed by atoms with Crippen molar-refractivity contribution >= 4 is 12.1 Å². The van der Waals surface area contributed by atoms with Gasteiger partial charge in [0.15, 0.2) is 0 Å². The molecule has 74 valence electrons. The highest BCUT2D eigenvalue weighted by atomic mass is 16.2. The Bertz CT molecular complexity index is 345. The van der Waals surface area contributed by atoms with E-state index in [2.05, 4.69) is 10.6 Å². The van der Waals surface area contributed by atoms with Gasteiger partial charge in [0.25, 0.3) is 0 Å². The predicted octanol–water partition coefficient (Wildman–Crippen LogP) is 1.89. The van der Waals surface area contributed by atoms with Gasteiger partial charge in [0.1, 0.15) is 0 Å². The molecule has 0 aromatic heterocycles. The van der Waals surface area contributed by atoms with Gasteiger partial charge in [-0.2, -0.15) is 0 Å². The highest BCUT2D eigenvalue weighted by Crippen LogP contribution is 2.04. The molecule has 0 saturated heterocycles. The van der Waals surface area contributed by atoms with E-state index in [1.54, 1.807) is 13.2 Å². The van der Waals surface area contributed by atoms with Crippen molar-refractivity contribution in [3.8, 4) is 0 Å². The Morgan fingerprint density at radius 1 is 1.43 bits per heavy atom. The van der Waals surface area contributed by atoms with E-state index in [-0.39, 0.29) is 6.03 Å². The molecule has 2 N–H and O–H groups in total. The van der Waals surface area contributed by atoms with E-state index in [4.69, 9.17) is 0 Å². The van der Waals surface area contributed by atoms with Crippen molar-refractivity contribution < 1.29 is 4.79 Å². The fourth-order valence-electron chi connectivity index (χ4n) is 1.06. The van der Waals surface area contributed by atoms with Gasteiger partial charge < -0.3 is 10.6 Å². The molecule has 1 aromatic rings. The van der Waals surface area contributed by atoms with E-state index in [0.29, 0.717) is 0 Å². The van der Waals surface area contributed by atoms with Gasteiger partial charge in [0, 0.05) is 13.2 Å². The lowest BCUT2D eigenvalue weighted by atomic mass is 10.1. The Hall–Kier alpha value is -1.77. The first kappa shape index (κ1) is 10.3. The standard InChI is InChI=1S/C11H14N2O/c1-9-4-3-5-10(8-9)6-7-13-11(14)12-2/h3-8H,1-2H3,(H2,12,13,14)/b7-6+.